The van der Waals surface area contributed by atoms with E-state index >= 15 is 0 Å². The molecule has 0 bridgehead atoms. The Bertz CT molecular complexity index is 84.1. The van der Waals surface area contributed by atoms with Crippen LogP contribution in [0.25, 0.3) is 0 Å². The molecule has 0 spiro atoms. The van der Waals surface area contributed by atoms with Crippen LogP contribution in [0.5, 0.6) is 0 Å². The van der Waals surface area contributed by atoms with Gasteiger partial charge in [0.15, 0.2) is 0 Å². The average molecular weight is 208 g/mol. The largest absolute Gasteiger partial charge is 0.107 e. The summed E-state index contributed by atoms with van der Waals surface area (Å²) in [7, 11) is 0. The standard InChI is InChI=1S/C6H9I/c1-3-4-5-6(2)7/h6H,5H2,1-2H3. The van der Waals surface area contributed by atoms with E-state index in [1.165, 1.54) is 0 Å². The minimum Gasteiger partial charge on any atom is -0.107 e. The highest BCUT2D eigenvalue weighted by atomic mass is 127. The molecule has 0 aliphatic heterocycles. The normalized spacial score (nSPS) is 11.9. The maximum absolute atomic E-state index is 2.99. The Labute approximate surface area is 58.8 Å². The molecule has 7 heavy (non-hydrogen) atoms. The Morgan fingerprint density at radius 1 is 1.71 bits per heavy atom. The van der Waals surface area contributed by atoms with Gasteiger partial charge in [0, 0.05) is 10.3 Å². The molecule has 0 heterocycles. The molecular weight excluding hydrogens is 199 g/mol. The molecule has 0 aromatic carbocycles. The van der Waals surface area contributed by atoms with Gasteiger partial charge in [0.2, 0.25) is 0 Å². The second kappa shape index (κ2) is 4.45. The van der Waals surface area contributed by atoms with E-state index in [-0.39, 0.29) is 0 Å². The summed E-state index contributed by atoms with van der Waals surface area (Å²) in [6, 6.07) is 0. The third-order valence-electron chi connectivity index (χ3n) is 0.560. The van der Waals surface area contributed by atoms with Crippen LogP contribution in [0, 0.1) is 11.8 Å². The fraction of sp³-hybridized carbons (Fsp3) is 0.667. The van der Waals surface area contributed by atoms with Crippen LogP contribution in [0.2, 0.25) is 0 Å². The van der Waals surface area contributed by atoms with Gasteiger partial charge in [-0.15, -0.1) is 11.8 Å². The van der Waals surface area contributed by atoms with Crippen molar-refractivity contribution in [2.75, 3.05) is 0 Å². The van der Waals surface area contributed by atoms with Crippen LogP contribution in [-0.4, -0.2) is 3.92 Å². The number of rotatable bonds is 1. The highest BCUT2D eigenvalue weighted by molar-refractivity contribution is 14.1. The van der Waals surface area contributed by atoms with E-state index in [1.807, 2.05) is 6.92 Å². The smallest absolute Gasteiger partial charge is 0.0204 e. The summed E-state index contributed by atoms with van der Waals surface area (Å²) in [5, 5.41) is 0. The van der Waals surface area contributed by atoms with Crippen molar-refractivity contribution in [2.45, 2.75) is 24.2 Å². The SMILES string of the molecule is CC#CCC(C)I. The zero-order valence-electron chi connectivity index (χ0n) is 4.66. The van der Waals surface area contributed by atoms with Crippen molar-refractivity contribution < 1.29 is 0 Å². The minimum atomic E-state index is 0.699. The fourth-order valence-corrected chi connectivity index (χ4v) is 0.463. The van der Waals surface area contributed by atoms with E-state index in [9.17, 15) is 0 Å². The van der Waals surface area contributed by atoms with E-state index < -0.39 is 0 Å². The van der Waals surface area contributed by atoms with Gasteiger partial charge in [-0.05, 0) is 6.92 Å². The third-order valence-corrected chi connectivity index (χ3v) is 1.00. The van der Waals surface area contributed by atoms with Gasteiger partial charge in [0.05, 0.1) is 0 Å². The predicted molar refractivity (Wildman–Crippen MR) is 41.5 cm³/mol. The Morgan fingerprint density at radius 3 is 2.43 bits per heavy atom. The van der Waals surface area contributed by atoms with Gasteiger partial charge in [0.1, 0.15) is 0 Å². The maximum atomic E-state index is 2.99. The Morgan fingerprint density at radius 2 is 2.29 bits per heavy atom. The lowest BCUT2D eigenvalue weighted by Gasteiger charge is -1.88. The Hall–Kier alpha value is 0.290. The van der Waals surface area contributed by atoms with Crippen LogP contribution in [0.1, 0.15) is 20.3 Å². The summed E-state index contributed by atoms with van der Waals surface area (Å²) in [5.41, 5.74) is 0. The molecule has 0 radical (unpaired) electrons. The Balaban J connectivity index is 3.08. The molecule has 0 saturated carbocycles. The topological polar surface area (TPSA) is 0 Å². The number of alkyl halides is 1. The molecule has 0 aromatic heterocycles. The van der Waals surface area contributed by atoms with Crippen LogP contribution >= 0.6 is 22.6 Å². The van der Waals surface area contributed by atoms with Gasteiger partial charge in [-0.2, -0.15) is 0 Å². The van der Waals surface area contributed by atoms with Gasteiger partial charge in [-0.1, -0.05) is 29.5 Å². The first-order valence-corrected chi connectivity index (χ1v) is 3.55. The van der Waals surface area contributed by atoms with Crippen LogP contribution < -0.4 is 0 Å². The molecule has 1 atom stereocenters. The molecule has 0 saturated heterocycles. The molecular formula is C6H9I. The summed E-state index contributed by atoms with van der Waals surface area (Å²) < 4.78 is 0.699. The second-order valence-electron chi connectivity index (χ2n) is 1.41. The van der Waals surface area contributed by atoms with Gasteiger partial charge in [0.25, 0.3) is 0 Å². The molecule has 40 valence electrons. The molecule has 0 aliphatic carbocycles. The van der Waals surface area contributed by atoms with E-state index in [1.54, 1.807) is 0 Å². The minimum absolute atomic E-state index is 0.699. The zero-order valence-corrected chi connectivity index (χ0v) is 6.82. The lowest BCUT2D eigenvalue weighted by molar-refractivity contribution is 1.05. The van der Waals surface area contributed by atoms with Crippen molar-refractivity contribution in [3.05, 3.63) is 0 Å². The molecule has 1 unspecified atom stereocenters. The first-order chi connectivity index (χ1) is 3.27. The van der Waals surface area contributed by atoms with Crippen molar-refractivity contribution >= 4 is 22.6 Å². The van der Waals surface area contributed by atoms with Gasteiger partial charge >= 0.3 is 0 Å². The predicted octanol–water partition coefficient (Wildman–Crippen LogP) is 2.22. The lowest BCUT2D eigenvalue weighted by Crippen LogP contribution is -1.83. The number of halogens is 1. The van der Waals surface area contributed by atoms with Gasteiger partial charge in [-0.3, -0.25) is 0 Å². The average Bonchev–Trinajstić information content (AvgIpc) is 1.61. The Kier molecular flexibility index (Phi) is 4.63. The first kappa shape index (κ1) is 7.29. The molecule has 0 fully saturated rings. The monoisotopic (exact) mass is 208 g/mol. The number of hydrogen-bond donors (Lipinski definition) is 0. The highest BCUT2D eigenvalue weighted by Crippen LogP contribution is 2.00. The quantitative estimate of drug-likeness (QED) is 0.352. The van der Waals surface area contributed by atoms with Crippen LogP contribution in [-0.2, 0) is 0 Å². The molecule has 0 aliphatic rings. The van der Waals surface area contributed by atoms with E-state index in [0.29, 0.717) is 3.92 Å². The third kappa shape index (κ3) is 6.29. The lowest BCUT2D eigenvalue weighted by atomic mass is 10.3. The van der Waals surface area contributed by atoms with Crippen molar-refractivity contribution in [1.29, 1.82) is 0 Å². The summed E-state index contributed by atoms with van der Waals surface area (Å²) in [4.78, 5) is 0. The maximum Gasteiger partial charge on any atom is 0.0204 e. The van der Waals surface area contributed by atoms with E-state index in [0.717, 1.165) is 6.42 Å². The van der Waals surface area contributed by atoms with Crippen LogP contribution in [0.4, 0.5) is 0 Å². The van der Waals surface area contributed by atoms with Crippen molar-refractivity contribution in [1.82, 2.24) is 0 Å². The summed E-state index contributed by atoms with van der Waals surface area (Å²) in [6.07, 6.45) is 1.02. The fourth-order valence-electron chi connectivity index (χ4n) is 0.243. The first-order valence-electron chi connectivity index (χ1n) is 2.31. The second-order valence-corrected chi connectivity index (χ2v) is 3.54. The van der Waals surface area contributed by atoms with Gasteiger partial charge in [-0.25, -0.2) is 0 Å². The summed E-state index contributed by atoms with van der Waals surface area (Å²) in [6.45, 7) is 4.03. The van der Waals surface area contributed by atoms with E-state index in [4.69, 9.17) is 0 Å². The van der Waals surface area contributed by atoms with Crippen molar-refractivity contribution in [2.24, 2.45) is 0 Å². The molecule has 0 aromatic rings. The summed E-state index contributed by atoms with van der Waals surface area (Å²) in [5.74, 6) is 5.83. The molecule has 0 nitrogen and oxygen atoms in total. The highest BCUT2D eigenvalue weighted by Gasteiger charge is 1.86. The molecule has 0 rings (SSSR count). The van der Waals surface area contributed by atoms with Crippen molar-refractivity contribution in [3.63, 3.8) is 0 Å². The van der Waals surface area contributed by atoms with Crippen LogP contribution in [0.3, 0.4) is 0 Å². The van der Waals surface area contributed by atoms with Crippen molar-refractivity contribution in [3.8, 4) is 11.8 Å². The van der Waals surface area contributed by atoms with Gasteiger partial charge < -0.3 is 0 Å². The molecule has 0 amide bonds. The number of hydrogen-bond acceptors (Lipinski definition) is 0. The zero-order chi connectivity index (χ0) is 5.70. The van der Waals surface area contributed by atoms with Crippen LogP contribution in [0.15, 0.2) is 0 Å². The molecule has 0 N–H and O–H groups in total. The summed E-state index contributed by atoms with van der Waals surface area (Å²) >= 11 is 2.36. The van der Waals surface area contributed by atoms with E-state index in [2.05, 4.69) is 41.4 Å². The molecule has 1 heteroatoms.